The van der Waals surface area contributed by atoms with Crippen LogP contribution in [0.5, 0.6) is 0 Å². The number of hydrogen-bond acceptors (Lipinski definition) is 2. The third-order valence-electron chi connectivity index (χ3n) is 2.14. The minimum absolute atomic E-state index is 0.624. The average molecular weight is 171 g/mol. The summed E-state index contributed by atoms with van der Waals surface area (Å²) in [5.74, 6) is 0. The van der Waals surface area contributed by atoms with Gasteiger partial charge in [-0.05, 0) is 30.2 Å². The fourth-order valence-electron chi connectivity index (χ4n) is 1.43. The maximum atomic E-state index is 8.86. The Bertz CT molecular complexity index is 476. The second kappa shape index (κ2) is 2.95. The molecule has 2 nitrogen and oxygen atoms in total. The molecule has 0 unspecified atom stereocenters. The van der Waals surface area contributed by atoms with Crippen LogP contribution in [0.4, 0.5) is 0 Å². The van der Waals surface area contributed by atoms with Crippen molar-refractivity contribution in [1.82, 2.24) is 0 Å². The molecule has 2 rings (SSSR count). The van der Waals surface area contributed by atoms with E-state index in [9.17, 15) is 0 Å². The van der Waals surface area contributed by atoms with Crippen LogP contribution < -0.4 is 0 Å². The van der Waals surface area contributed by atoms with E-state index in [0.29, 0.717) is 11.1 Å². The molecular formula is C11H9NO. The van der Waals surface area contributed by atoms with Crippen molar-refractivity contribution in [1.29, 1.82) is 5.26 Å². The molecule has 64 valence electrons. The first-order valence-electron chi connectivity index (χ1n) is 4.25. The van der Waals surface area contributed by atoms with Gasteiger partial charge < -0.3 is 4.42 Å². The van der Waals surface area contributed by atoms with Crippen LogP contribution in [0.1, 0.15) is 18.1 Å². The van der Waals surface area contributed by atoms with Crippen LogP contribution in [0.3, 0.4) is 0 Å². The third kappa shape index (κ3) is 1.19. The lowest BCUT2D eigenvalue weighted by Gasteiger charge is -1.97. The second-order valence-corrected chi connectivity index (χ2v) is 2.95. The second-order valence-electron chi connectivity index (χ2n) is 2.95. The van der Waals surface area contributed by atoms with E-state index in [4.69, 9.17) is 9.68 Å². The van der Waals surface area contributed by atoms with Crippen molar-refractivity contribution in [3.05, 3.63) is 35.6 Å². The molecule has 2 heteroatoms. The Labute approximate surface area is 76.4 Å². The summed E-state index contributed by atoms with van der Waals surface area (Å²) in [4.78, 5) is 0. The summed E-state index contributed by atoms with van der Waals surface area (Å²) < 4.78 is 5.22. The fourth-order valence-corrected chi connectivity index (χ4v) is 1.43. The van der Waals surface area contributed by atoms with Crippen molar-refractivity contribution in [2.24, 2.45) is 0 Å². The monoisotopic (exact) mass is 171 g/mol. The van der Waals surface area contributed by atoms with Crippen LogP contribution in [0, 0.1) is 11.3 Å². The molecule has 0 fully saturated rings. The zero-order valence-corrected chi connectivity index (χ0v) is 7.37. The Kier molecular flexibility index (Phi) is 1.79. The molecule has 1 aromatic carbocycles. The van der Waals surface area contributed by atoms with E-state index < -0.39 is 0 Å². The highest BCUT2D eigenvalue weighted by Gasteiger charge is 2.04. The largest absolute Gasteiger partial charge is 0.463 e. The van der Waals surface area contributed by atoms with Gasteiger partial charge in [0.2, 0.25) is 0 Å². The van der Waals surface area contributed by atoms with E-state index in [1.807, 2.05) is 12.1 Å². The Morgan fingerprint density at radius 1 is 1.46 bits per heavy atom. The first-order chi connectivity index (χ1) is 6.35. The standard InChI is InChI=1S/C11H9NO/c1-2-8-5-9-3-4-13-11(9)10(6-8)7-12/h3-6H,2H2,1H3. The van der Waals surface area contributed by atoms with Crippen LogP contribution >= 0.6 is 0 Å². The molecule has 13 heavy (non-hydrogen) atoms. The fraction of sp³-hybridized carbons (Fsp3) is 0.182. The summed E-state index contributed by atoms with van der Waals surface area (Å²) in [6.07, 6.45) is 2.56. The van der Waals surface area contributed by atoms with E-state index in [0.717, 1.165) is 11.8 Å². The SMILES string of the molecule is CCc1cc(C#N)c2occc2c1. The predicted octanol–water partition coefficient (Wildman–Crippen LogP) is 2.87. The minimum Gasteiger partial charge on any atom is -0.463 e. The molecule has 0 saturated carbocycles. The quantitative estimate of drug-likeness (QED) is 0.661. The van der Waals surface area contributed by atoms with Gasteiger partial charge in [-0.3, -0.25) is 0 Å². The lowest BCUT2D eigenvalue weighted by Crippen LogP contribution is -1.83. The first kappa shape index (κ1) is 7.88. The molecular weight excluding hydrogens is 162 g/mol. The zero-order valence-electron chi connectivity index (χ0n) is 7.37. The van der Waals surface area contributed by atoms with Gasteiger partial charge in [0.15, 0.2) is 5.58 Å². The van der Waals surface area contributed by atoms with Gasteiger partial charge in [-0.1, -0.05) is 6.92 Å². The van der Waals surface area contributed by atoms with Gasteiger partial charge in [-0.25, -0.2) is 0 Å². The van der Waals surface area contributed by atoms with E-state index in [1.54, 1.807) is 6.26 Å². The van der Waals surface area contributed by atoms with E-state index in [2.05, 4.69) is 19.1 Å². The molecule has 0 bridgehead atoms. The molecule has 0 atom stereocenters. The molecule has 1 aromatic heterocycles. The highest BCUT2D eigenvalue weighted by Crippen LogP contribution is 2.21. The molecule has 0 aliphatic rings. The van der Waals surface area contributed by atoms with Crippen molar-refractivity contribution < 1.29 is 4.42 Å². The summed E-state index contributed by atoms with van der Waals surface area (Å²) in [6.45, 7) is 2.07. The van der Waals surface area contributed by atoms with E-state index in [1.165, 1.54) is 5.56 Å². The van der Waals surface area contributed by atoms with Gasteiger partial charge in [-0.2, -0.15) is 5.26 Å². The topological polar surface area (TPSA) is 36.9 Å². The summed E-state index contributed by atoms with van der Waals surface area (Å²) in [7, 11) is 0. The Hall–Kier alpha value is -1.75. The number of fused-ring (bicyclic) bond motifs is 1. The molecule has 2 aromatic rings. The van der Waals surface area contributed by atoms with Gasteiger partial charge >= 0.3 is 0 Å². The highest BCUT2D eigenvalue weighted by molar-refractivity contribution is 5.83. The smallest absolute Gasteiger partial charge is 0.151 e. The molecule has 0 amide bonds. The summed E-state index contributed by atoms with van der Waals surface area (Å²) >= 11 is 0. The summed E-state index contributed by atoms with van der Waals surface area (Å²) in [5, 5.41) is 9.87. The van der Waals surface area contributed by atoms with Crippen LogP contribution in [0.15, 0.2) is 28.9 Å². The highest BCUT2D eigenvalue weighted by atomic mass is 16.3. The normalized spacial score (nSPS) is 10.2. The molecule has 0 radical (unpaired) electrons. The molecule has 0 spiro atoms. The van der Waals surface area contributed by atoms with Crippen LogP contribution in [0.2, 0.25) is 0 Å². The number of rotatable bonds is 1. The van der Waals surface area contributed by atoms with Gasteiger partial charge in [0.1, 0.15) is 6.07 Å². The lowest BCUT2D eigenvalue weighted by molar-refractivity contribution is 0.614. The first-order valence-corrected chi connectivity index (χ1v) is 4.25. The average Bonchev–Trinajstić information content (AvgIpc) is 2.63. The van der Waals surface area contributed by atoms with Crippen molar-refractivity contribution in [3.8, 4) is 6.07 Å². The van der Waals surface area contributed by atoms with Gasteiger partial charge in [0.25, 0.3) is 0 Å². The van der Waals surface area contributed by atoms with Crippen molar-refractivity contribution >= 4 is 11.0 Å². The van der Waals surface area contributed by atoms with Crippen LogP contribution in [0.25, 0.3) is 11.0 Å². The Balaban J connectivity index is 2.79. The molecule has 0 aliphatic carbocycles. The minimum atomic E-state index is 0.624. The zero-order chi connectivity index (χ0) is 9.26. The lowest BCUT2D eigenvalue weighted by atomic mass is 10.1. The summed E-state index contributed by atoms with van der Waals surface area (Å²) in [6, 6.07) is 7.96. The van der Waals surface area contributed by atoms with Gasteiger partial charge in [0, 0.05) is 5.39 Å². The molecule has 0 saturated heterocycles. The Morgan fingerprint density at radius 2 is 2.31 bits per heavy atom. The van der Waals surface area contributed by atoms with Crippen LogP contribution in [-0.2, 0) is 6.42 Å². The van der Waals surface area contributed by atoms with Gasteiger partial charge in [0.05, 0.1) is 11.8 Å². The number of nitrogens with zero attached hydrogens (tertiary/aromatic N) is 1. The van der Waals surface area contributed by atoms with Crippen molar-refractivity contribution in [3.63, 3.8) is 0 Å². The molecule has 1 heterocycles. The van der Waals surface area contributed by atoms with E-state index >= 15 is 0 Å². The molecule has 0 N–H and O–H groups in total. The number of nitriles is 1. The van der Waals surface area contributed by atoms with Crippen molar-refractivity contribution in [2.45, 2.75) is 13.3 Å². The third-order valence-corrected chi connectivity index (χ3v) is 2.14. The Morgan fingerprint density at radius 3 is 3.00 bits per heavy atom. The summed E-state index contributed by atoms with van der Waals surface area (Å²) in [5.41, 5.74) is 2.49. The molecule has 0 aliphatic heterocycles. The maximum absolute atomic E-state index is 8.86. The number of aryl methyl sites for hydroxylation is 1. The van der Waals surface area contributed by atoms with E-state index in [-0.39, 0.29) is 0 Å². The van der Waals surface area contributed by atoms with Crippen LogP contribution in [-0.4, -0.2) is 0 Å². The number of furan rings is 1. The number of hydrogen-bond donors (Lipinski definition) is 0. The number of benzene rings is 1. The van der Waals surface area contributed by atoms with Crippen molar-refractivity contribution in [2.75, 3.05) is 0 Å². The van der Waals surface area contributed by atoms with Gasteiger partial charge in [-0.15, -0.1) is 0 Å². The predicted molar refractivity (Wildman–Crippen MR) is 50.3 cm³/mol. The maximum Gasteiger partial charge on any atom is 0.151 e.